The molecule has 0 spiro atoms. The smallest absolute Gasteiger partial charge is 0.140 e. The van der Waals surface area contributed by atoms with Crippen LogP contribution in [0.4, 0.5) is 0 Å². The number of benzene rings is 4. The molecule has 190 valence electrons. The molecule has 4 aromatic carbocycles. The standard InChI is InChI=1S/C34H24N6/c1-38-32-16-14-25(39-19-7-18-36-39)22-30(32)37-34(38)24-13-15-28-27-10-2-3-12-31(27)40(33(28)21-24)26-9-6-8-23(20-26)29-11-4-5-17-35-29/h2-22H,1H3. The SMILES string of the molecule is Cn1c(-c2ccc3c4ccccc4n(-c4cccc(-c5ccccn5)c4)c3c2)nc2cc(-n3cccn3)ccc21. The van der Waals surface area contributed by atoms with Crippen LogP contribution in [0.2, 0.25) is 0 Å². The fraction of sp³-hybridized carbons (Fsp3) is 0.0294. The summed E-state index contributed by atoms with van der Waals surface area (Å²) in [6.07, 6.45) is 5.57. The van der Waals surface area contributed by atoms with Crippen molar-refractivity contribution >= 4 is 32.8 Å². The summed E-state index contributed by atoms with van der Waals surface area (Å²) in [5.41, 5.74) is 9.53. The van der Waals surface area contributed by atoms with Crippen LogP contribution in [0, 0.1) is 0 Å². The number of pyridine rings is 1. The first-order valence-electron chi connectivity index (χ1n) is 13.3. The summed E-state index contributed by atoms with van der Waals surface area (Å²) in [5, 5.41) is 6.81. The van der Waals surface area contributed by atoms with Crippen LogP contribution in [0.5, 0.6) is 0 Å². The van der Waals surface area contributed by atoms with Gasteiger partial charge in [-0.15, -0.1) is 0 Å². The highest BCUT2D eigenvalue weighted by atomic mass is 15.3. The van der Waals surface area contributed by atoms with Crippen molar-refractivity contribution in [2.24, 2.45) is 7.05 Å². The molecule has 0 saturated carbocycles. The van der Waals surface area contributed by atoms with Gasteiger partial charge in [-0.05, 0) is 60.7 Å². The van der Waals surface area contributed by atoms with Gasteiger partial charge in [-0.25, -0.2) is 9.67 Å². The average molecular weight is 517 g/mol. The second-order valence-corrected chi connectivity index (χ2v) is 9.97. The van der Waals surface area contributed by atoms with Crippen molar-refractivity contribution in [1.29, 1.82) is 0 Å². The zero-order valence-electron chi connectivity index (χ0n) is 21.8. The molecule has 6 nitrogen and oxygen atoms in total. The van der Waals surface area contributed by atoms with Gasteiger partial charge >= 0.3 is 0 Å². The Morgan fingerprint density at radius 1 is 0.600 bits per heavy atom. The molecule has 0 aliphatic carbocycles. The monoisotopic (exact) mass is 516 g/mol. The molecular formula is C34H24N6. The van der Waals surface area contributed by atoms with Gasteiger partial charge in [0.1, 0.15) is 5.82 Å². The first-order chi connectivity index (χ1) is 19.7. The van der Waals surface area contributed by atoms with Crippen LogP contribution in [0.15, 0.2) is 128 Å². The maximum Gasteiger partial charge on any atom is 0.140 e. The number of rotatable bonds is 4. The van der Waals surface area contributed by atoms with Crippen molar-refractivity contribution in [3.05, 3.63) is 128 Å². The number of nitrogens with zero attached hydrogens (tertiary/aromatic N) is 6. The predicted octanol–water partition coefficient (Wildman–Crippen LogP) is 7.59. The quantitative estimate of drug-likeness (QED) is 0.242. The number of hydrogen-bond acceptors (Lipinski definition) is 3. The lowest BCUT2D eigenvalue weighted by atomic mass is 10.1. The Hall–Kier alpha value is -5.49. The van der Waals surface area contributed by atoms with Gasteiger partial charge in [-0.1, -0.05) is 48.5 Å². The summed E-state index contributed by atoms with van der Waals surface area (Å²) in [6.45, 7) is 0. The van der Waals surface area contributed by atoms with Crippen LogP contribution >= 0.6 is 0 Å². The van der Waals surface area contributed by atoms with E-state index in [4.69, 9.17) is 4.98 Å². The molecule has 40 heavy (non-hydrogen) atoms. The molecule has 8 aromatic rings. The molecule has 0 fully saturated rings. The Labute approximate surface area is 230 Å². The van der Waals surface area contributed by atoms with E-state index in [0.717, 1.165) is 50.6 Å². The van der Waals surface area contributed by atoms with E-state index in [9.17, 15) is 0 Å². The number of aryl methyl sites for hydroxylation is 1. The number of para-hydroxylation sites is 1. The molecule has 0 unspecified atom stereocenters. The van der Waals surface area contributed by atoms with E-state index in [1.54, 1.807) is 6.20 Å². The Kier molecular flexibility index (Phi) is 4.94. The lowest BCUT2D eigenvalue weighted by Crippen LogP contribution is -1.96. The van der Waals surface area contributed by atoms with E-state index in [1.165, 1.54) is 16.3 Å². The van der Waals surface area contributed by atoms with Gasteiger partial charge in [-0.2, -0.15) is 5.10 Å². The molecule has 0 radical (unpaired) electrons. The number of aromatic nitrogens is 6. The molecule has 0 saturated heterocycles. The van der Waals surface area contributed by atoms with Crippen molar-refractivity contribution in [1.82, 2.24) is 28.9 Å². The fourth-order valence-electron chi connectivity index (χ4n) is 5.74. The third-order valence-corrected chi connectivity index (χ3v) is 7.63. The van der Waals surface area contributed by atoms with Crippen molar-refractivity contribution in [2.75, 3.05) is 0 Å². The molecule has 8 rings (SSSR count). The second-order valence-electron chi connectivity index (χ2n) is 9.97. The molecular weight excluding hydrogens is 492 g/mol. The van der Waals surface area contributed by atoms with E-state index < -0.39 is 0 Å². The first-order valence-corrected chi connectivity index (χ1v) is 13.3. The van der Waals surface area contributed by atoms with E-state index >= 15 is 0 Å². The largest absolute Gasteiger partial charge is 0.327 e. The summed E-state index contributed by atoms with van der Waals surface area (Å²) in [5.74, 6) is 0.925. The molecule has 0 bridgehead atoms. The van der Waals surface area contributed by atoms with Crippen LogP contribution in [0.1, 0.15) is 0 Å². The summed E-state index contributed by atoms with van der Waals surface area (Å²) in [6, 6.07) is 38.1. The minimum atomic E-state index is 0.925. The number of imidazole rings is 1. The molecule has 4 heterocycles. The van der Waals surface area contributed by atoms with E-state index in [2.05, 4.69) is 111 Å². The second kappa shape index (κ2) is 8.78. The third kappa shape index (κ3) is 3.47. The van der Waals surface area contributed by atoms with Crippen LogP contribution in [0.25, 0.3) is 66.9 Å². The van der Waals surface area contributed by atoms with Gasteiger partial charge in [-0.3, -0.25) is 4.98 Å². The summed E-state index contributed by atoms with van der Waals surface area (Å²) in [4.78, 5) is 9.65. The minimum Gasteiger partial charge on any atom is -0.327 e. The molecule has 0 amide bonds. The minimum absolute atomic E-state index is 0.925. The van der Waals surface area contributed by atoms with Crippen LogP contribution < -0.4 is 0 Å². The van der Waals surface area contributed by atoms with Crippen LogP contribution in [0.3, 0.4) is 0 Å². The molecule has 6 heteroatoms. The fourth-order valence-corrected chi connectivity index (χ4v) is 5.74. The van der Waals surface area contributed by atoms with Crippen molar-refractivity contribution < 1.29 is 0 Å². The molecule has 0 aliphatic heterocycles. The maximum absolute atomic E-state index is 5.07. The molecule has 4 aromatic heterocycles. The Morgan fingerprint density at radius 2 is 1.50 bits per heavy atom. The zero-order valence-corrected chi connectivity index (χ0v) is 21.8. The lowest BCUT2D eigenvalue weighted by molar-refractivity contribution is 0.881. The van der Waals surface area contributed by atoms with Gasteiger partial charge in [0.15, 0.2) is 0 Å². The van der Waals surface area contributed by atoms with Crippen LogP contribution in [-0.4, -0.2) is 28.9 Å². The Morgan fingerprint density at radius 3 is 2.38 bits per heavy atom. The lowest BCUT2D eigenvalue weighted by Gasteiger charge is -2.11. The van der Waals surface area contributed by atoms with E-state index in [1.807, 2.05) is 41.3 Å². The summed E-state index contributed by atoms with van der Waals surface area (Å²) >= 11 is 0. The van der Waals surface area contributed by atoms with Crippen molar-refractivity contribution in [3.8, 4) is 34.0 Å². The van der Waals surface area contributed by atoms with Gasteiger partial charge in [0.25, 0.3) is 0 Å². The third-order valence-electron chi connectivity index (χ3n) is 7.63. The summed E-state index contributed by atoms with van der Waals surface area (Å²) in [7, 11) is 2.08. The first kappa shape index (κ1) is 22.5. The highest BCUT2D eigenvalue weighted by Crippen LogP contribution is 2.36. The van der Waals surface area contributed by atoms with Gasteiger partial charge in [0, 0.05) is 53.2 Å². The van der Waals surface area contributed by atoms with Gasteiger partial charge in [0.05, 0.1) is 33.4 Å². The average Bonchev–Trinajstić information content (AvgIpc) is 3.74. The zero-order chi connectivity index (χ0) is 26.6. The summed E-state index contributed by atoms with van der Waals surface area (Å²) < 4.78 is 6.37. The van der Waals surface area contributed by atoms with Crippen molar-refractivity contribution in [2.45, 2.75) is 0 Å². The van der Waals surface area contributed by atoms with Gasteiger partial charge in [0.2, 0.25) is 0 Å². The van der Waals surface area contributed by atoms with Gasteiger partial charge < -0.3 is 9.13 Å². The Balaban J connectivity index is 1.33. The maximum atomic E-state index is 5.07. The predicted molar refractivity (Wildman–Crippen MR) is 161 cm³/mol. The van der Waals surface area contributed by atoms with Crippen molar-refractivity contribution in [3.63, 3.8) is 0 Å². The molecule has 0 atom stereocenters. The molecule has 0 N–H and O–H groups in total. The number of hydrogen-bond donors (Lipinski definition) is 0. The van der Waals surface area contributed by atoms with E-state index in [-0.39, 0.29) is 0 Å². The molecule has 0 aliphatic rings. The normalized spacial score (nSPS) is 11.6. The highest BCUT2D eigenvalue weighted by molar-refractivity contribution is 6.10. The highest BCUT2D eigenvalue weighted by Gasteiger charge is 2.16. The van der Waals surface area contributed by atoms with Crippen LogP contribution in [-0.2, 0) is 7.05 Å². The Bertz CT molecular complexity index is 2170. The van der Waals surface area contributed by atoms with E-state index in [0.29, 0.717) is 0 Å². The number of fused-ring (bicyclic) bond motifs is 4. The topological polar surface area (TPSA) is 53.5 Å².